The van der Waals surface area contributed by atoms with E-state index in [2.05, 4.69) is 16.0 Å². The Kier molecular flexibility index (Phi) is 5.73. The van der Waals surface area contributed by atoms with Crippen LogP contribution in [0.4, 0.5) is 11.4 Å². The van der Waals surface area contributed by atoms with Gasteiger partial charge < -0.3 is 20.4 Å². The number of carbonyl (C=O) groups excluding carboxylic acids is 3. The standard InChI is InChI=1S/C17H19N3O4/c1-11(9-15-7-4-8-24-15)18-16(22)17(23)20-14-6-3-5-13(10-14)19-12(2)21/h3-8,10-11H,9H2,1-2H3,(H,18,22)(H,19,21)(H,20,23)/t11-/m1/s1. The molecule has 7 nitrogen and oxygen atoms in total. The summed E-state index contributed by atoms with van der Waals surface area (Å²) in [4.78, 5) is 34.9. The molecule has 0 aliphatic carbocycles. The second kappa shape index (κ2) is 7.96. The third-order valence-corrected chi connectivity index (χ3v) is 3.11. The molecule has 3 amide bonds. The number of carbonyl (C=O) groups is 3. The highest BCUT2D eigenvalue weighted by atomic mass is 16.3. The molecular weight excluding hydrogens is 310 g/mol. The SMILES string of the molecule is CC(=O)Nc1cccc(NC(=O)C(=O)N[C@H](C)Cc2ccco2)c1. The van der Waals surface area contributed by atoms with E-state index in [9.17, 15) is 14.4 Å². The molecule has 1 heterocycles. The van der Waals surface area contributed by atoms with Crippen molar-refractivity contribution in [3.05, 3.63) is 48.4 Å². The van der Waals surface area contributed by atoms with Crippen LogP contribution >= 0.6 is 0 Å². The van der Waals surface area contributed by atoms with Crippen LogP contribution in [0.15, 0.2) is 47.1 Å². The summed E-state index contributed by atoms with van der Waals surface area (Å²) in [6, 6.07) is 9.86. The summed E-state index contributed by atoms with van der Waals surface area (Å²) in [6.45, 7) is 3.17. The molecule has 2 aromatic rings. The predicted molar refractivity (Wildman–Crippen MR) is 89.4 cm³/mol. The molecule has 1 aromatic carbocycles. The third-order valence-electron chi connectivity index (χ3n) is 3.11. The highest BCUT2D eigenvalue weighted by Crippen LogP contribution is 2.15. The van der Waals surface area contributed by atoms with E-state index in [1.54, 1.807) is 49.6 Å². The second-order valence-corrected chi connectivity index (χ2v) is 5.37. The third kappa shape index (κ3) is 5.28. The lowest BCUT2D eigenvalue weighted by atomic mass is 10.2. The predicted octanol–water partition coefficient (Wildman–Crippen LogP) is 1.92. The first-order valence-electron chi connectivity index (χ1n) is 7.46. The van der Waals surface area contributed by atoms with Crippen molar-refractivity contribution in [1.29, 1.82) is 0 Å². The summed E-state index contributed by atoms with van der Waals surface area (Å²) >= 11 is 0. The lowest BCUT2D eigenvalue weighted by Crippen LogP contribution is -2.41. The molecule has 0 saturated carbocycles. The number of nitrogens with one attached hydrogen (secondary N) is 3. The summed E-state index contributed by atoms with van der Waals surface area (Å²) in [5, 5.41) is 7.70. The van der Waals surface area contributed by atoms with Crippen LogP contribution in [0.5, 0.6) is 0 Å². The first-order chi connectivity index (χ1) is 11.4. The van der Waals surface area contributed by atoms with Crippen molar-refractivity contribution in [3.63, 3.8) is 0 Å². The van der Waals surface area contributed by atoms with Gasteiger partial charge in [-0.25, -0.2) is 0 Å². The maximum atomic E-state index is 11.9. The first-order valence-corrected chi connectivity index (χ1v) is 7.46. The average Bonchev–Trinajstić information content (AvgIpc) is 2.99. The van der Waals surface area contributed by atoms with Crippen molar-refractivity contribution in [3.8, 4) is 0 Å². The van der Waals surface area contributed by atoms with Crippen LogP contribution in [0.25, 0.3) is 0 Å². The Morgan fingerprint density at radius 3 is 2.38 bits per heavy atom. The van der Waals surface area contributed by atoms with Crippen LogP contribution in [0.1, 0.15) is 19.6 Å². The summed E-state index contributed by atoms with van der Waals surface area (Å²) in [5.41, 5.74) is 0.951. The topological polar surface area (TPSA) is 100 Å². The zero-order valence-corrected chi connectivity index (χ0v) is 13.5. The highest BCUT2D eigenvalue weighted by molar-refractivity contribution is 6.39. The highest BCUT2D eigenvalue weighted by Gasteiger charge is 2.17. The van der Waals surface area contributed by atoms with Gasteiger partial charge in [-0.1, -0.05) is 6.07 Å². The van der Waals surface area contributed by atoms with Crippen LogP contribution in [-0.2, 0) is 20.8 Å². The van der Waals surface area contributed by atoms with E-state index in [0.717, 1.165) is 5.76 Å². The summed E-state index contributed by atoms with van der Waals surface area (Å²) in [6.07, 6.45) is 2.04. The van der Waals surface area contributed by atoms with E-state index in [1.165, 1.54) is 6.92 Å². The van der Waals surface area contributed by atoms with Gasteiger partial charge in [-0.15, -0.1) is 0 Å². The zero-order chi connectivity index (χ0) is 17.5. The van der Waals surface area contributed by atoms with Gasteiger partial charge in [0.1, 0.15) is 5.76 Å². The average molecular weight is 329 g/mol. The largest absolute Gasteiger partial charge is 0.469 e. The molecule has 126 valence electrons. The molecule has 24 heavy (non-hydrogen) atoms. The molecule has 0 aliphatic heterocycles. The van der Waals surface area contributed by atoms with Gasteiger partial charge in [0.05, 0.1) is 6.26 Å². The number of hydrogen-bond donors (Lipinski definition) is 3. The van der Waals surface area contributed by atoms with Crippen molar-refractivity contribution < 1.29 is 18.8 Å². The lowest BCUT2D eigenvalue weighted by Gasteiger charge is -2.12. The number of rotatable bonds is 5. The Morgan fingerprint density at radius 1 is 1.04 bits per heavy atom. The summed E-state index contributed by atoms with van der Waals surface area (Å²) in [5.74, 6) is -1.01. The second-order valence-electron chi connectivity index (χ2n) is 5.37. The molecule has 0 aliphatic rings. The molecule has 1 atom stereocenters. The van der Waals surface area contributed by atoms with Gasteiger partial charge in [-0.2, -0.15) is 0 Å². The minimum atomic E-state index is -0.777. The van der Waals surface area contributed by atoms with E-state index >= 15 is 0 Å². The van der Waals surface area contributed by atoms with Crippen LogP contribution in [0.2, 0.25) is 0 Å². The van der Waals surface area contributed by atoms with E-state index < -0.39 is 11.8 Å². The Balaban J connectivity index is 1.89. The van der Waals surface area contributed by atoms with Crippen LogP contribution in [0.3, 0.4) is 0 Å². The van der Waals surface area contributed by atoms with Gasteiger partial charge in [0.2, 0.25) is 5.91 Å². The molecular formula is C17H19N3O4. The smallest absolute Gasteiger partial charge is 0.313 e. The molecule has 0 spiro atoms. The minimum Gasteiger partial charge on any atom is -0.469 e. The first kappa shape index (κ1) is 17.3. The zero-order valence-electron chi connectivity index (χ0n) is 13.5. The van der Waals surface area contributed by atoms with Crippen molar-refractivity contribution in [2.75, 3.05) is 10.6 Å². The Labute approximate surface area is 139 Å². The molecule has 0 unspecified atom stereocenters. The quantitative estimate of drug-likeness (QED) is 0.730. The number of hydrogen-bond acceptors (Lipinski definition) is 4. The fourth-order valence-corrected chi connectivity index (χ4v) is 2.14. The Hall–Kier alpha value is -3.09. The maximum absolute atomic E-state index is 11.9. The van der Waals surface area contributed by atoms with Crippen molar-refractivity contribution >= 4 is 29.1 Å². The Bertz CT molecular complexity index is 725. The molecule has 0 fully saturated rings. The van der Waals surface area contributed by atoms with Gasteiger partial charge >= 0.3 is 11.8 Å². The van der Waals surface area contributed by atoms with E-state index in [0.29, 0.717) is 17.8 Å². The molecule has 3 N–H and O–H groups in total. The Morgan fingerprint density at radius 2 is 1.75 bits per heavy atom. The number of anilines is 2. The van der Waals surface area contributed by atoms with Gasteiger partial charge in [0, 0.05) is 30.8 Å². The fraction of sp³-hybridized carbons (Fsp3) is 0.235. The van der Waals surface area contributed by atoms with E-state index in [1.807, 2.05) is 0 Å². The van der Waals surface area contributed by atoms with Crippen LogP contribution < -0.4 is 16.0 Å². The van der Waals surface area contributed by atoms with E-state index in [4.69, 9.17) is 4.42 Å². The molecule has 7 heteroatoms. The number of amides is 3. The van der Waals surface area contributed by atoms with E-state index in [-0.39, 0.29) is 11.9 Å². The van der Waals surface area contributed by atoms with Gasteiger partial charge in [-0.05, 0) is 37.3 Å². The van der Waals surface area contributed by atoms with Crippen LogP contribution in [-0.4, -0.2) is 23.8 Å². The maximum Gasteiger partial charge on any atom is 0.313 e. The molecule has 0 radical (unpaired) electrons. The molecule has 0 saturated heterocycles. The molecule has 2 rings (SSSR count). The number of benzene rings is 1. The molecule has 0 bridgehead atoms. The van der Waals surface area contributed by atoms with Gasteiger partial charge in [0.15, 0.2) is 0 Å². The monoisotopic (exact) mass is 329 g/mol. The van der Waals surface area contributed by atoms with Gasteiger partial charge in [-0.3, -0.25) is 14.4 Å². The summed E-state index contributed by atoms with van der Waals surface area (Å²) in [7, 11) is 0. The lowest BCUT2D eigenvalue weighted by molar-refractivity contribution is -0.136. The molecule has 1 aromatic heterocycles. The van der Waals surface area contributed by atoms with Crippen molar-refractivity contribution in [2.24, 2.45) is 0 Å². The normalized spacial score (nSPS) is 11.4. The van der Waals surface area contributed by atoms with Crippen LogP contribution in [0, 0.1) is 0 Å². The minimum absolute atomic E-state index is 0.219. The van der Waals surface area contributed by atoms with Gasteiger partial charge in [0.25, 0.3) is 0 Å². The van der Waals surface area contributed by atoms with Crippen molar-refractivity contribution in [2.45, 2.75) is 26.3 Å². The number of furan rings is 1. The summed E-state index contributed by atoms with van der Waals surface area (Å²) < 4.78 is 5.20. The fourth-order valence-electron chi connectivity index (χ4n) is 2.14. The van der Waals surface area contributed by atoms with Crippen molar-refractivity contribution in [1.82, 2.24) is 5.32 Å².